The third kappa shape index (κ3) is 3.97. The molecule has 3 rings (SSSR count). The maximum absolute atomic E-state index is 12.0. The van der Waals surface area contributed by atoms with E-state index in [1.165, 1.54) is 12.4 Å². The number of ketones is 1. The van der Waals surface area contributed by atoms with Gasteiger partial charge in [-0.2, -0.15) is 5.10 Å². The molecule has 1 aromatic heterocycles. The lowest BCUT2D eigenvalue weighted by atomic mass is 10.1. The van der Waals surface area contributed by atoms with Gasteiger partial charge in [0.1, 0.15) is 5.71 Å². The number of fused-ring (bicyclic) bond motifs is 1. The molecule has 0 fully saturated rings. The third-order valence-corrected chi connectivity index (χ3v) is 4.08. The zero-order valence-electron chi connectivity index (χ0n) is 13.0. The molecule has 2 amide bonds. The van der Waals surface area contributed by atoms with Crippen LogP contribution >= 0.6 is 15.9 Å². The van der Waals surface area contributed by atoms with Crippen LogP contribution < -0.4 is 10.7 Å². The van der Waals surface area contributed by atoms with Gasteiger partial charge in [-0.25, -0.2) is 5.43 Å². The van der Waals surface area contributed by atoms with Crippen molar-refractivity contribution < 1.29 is 14.4 Å². The van der Waals surface area contributed by atoms with Crippen LogP contribution in [0, 0.1) is 0 Å². The lowest BCUT2D eigenvalue weighted by Crippen LogP contribution is -2.35. The summed E-state index contributed by atoms with van der Waals surface area (Å²) in [5, 5.41) is 6.40. The molecule has 1 aliphatic rings. The number of hydrogen-bond donors (Lipinski definition) is 2. The molecular formula is C17H13BrN4O3. The second kappa shape index (κ2) is 7.35. The first-order chi connectivity index (χ1) is 12.0. The quantitative estimate of drug-likeness (QED) is 0.753. The Morgan fingerprint density at radius 3 is 2.72 bits per heavy atom. The highest BCUT2D eigenvalue weighted by atomic mass is 79.9. The minimum absolute atomic E-state index is 0.158. The van der Waals surface area contributed by atoms with E-state index in [0.717, 1.165) is 10.0 Å². The predicted octanol–water partition coefficient (Wildman–Crippen LogP) is 1.22. The second-order valence-corrected chi connectivity index (χ2v) is 6.23. The fraction of sp³-hybridized carbons (Fsp3) is 0.118. The zero-order chi connectivity index (χ0) is 17.8. The molecule has 0 unspecified atom stereocenters. The summed E-state index contributed by atoms with van der Waals surface area (Å²) in [7, 11) is 0. The largest absolute Gasteiger partial charge is 0.343 e. The average molecular weight is 401 g/mol. The molecule has 0 radical (unpaired) electrons. The molecule has 2 N–H and O–H groups in total. The standard InChI is InChI=1S/C17H13BrN4O3/c18-12-2-1-11-7-14(23)16(13(11)8-12)22-21-15(24)9-20-17(25)10-3-5-19-6-4-10/h1-6,8H,7,9H2,(H,20,25)(H,21,24)/b22-16+. The van der Waals surface area contributed by atoms with Crippen LogP contribution in [0.3, 0.4) is 0 Å². The van der Waals surface area contributed by atoms with Crippen molar-refractivity contribution in [3.63, 3.8) is 0 Å². The number of carbonyl (C=O) groups is 3. The summed E-state index contributed by atoms with van der Waals surface area (Å²) in [4.78, 5) is 39.6. The van der Waals surface area contributed by atoms with Crippen molar-refractivity contribution in [3.05, 3.63) is 63.9 Å². The van der Waals surface area contributed by atoms with Crippen LogP contribution in [-0.4, -0.2) is 34.8 Å². The van der Waals surface area contributed by atoms with Crippen molar-refractivity contribution in [1.82, 2.24) is 15.7 Å². The highest BCUT2D eigenvalue weighted by Gasteiger charge is 2.26. The molecule has 0 saturated carbocycles. The number of nitrogens with one attached hydrogen (secondary N) is 2. The Hall–Kier alpha value is -2.87. The summed E-state index contributed by atoms with van der Waals surface area (Å²) in [6, 6.07) is 8.56. The van der Waals surface area contributed by atoms with Crippen molar-refractivity contribution in [2.75, 3.05) is 6.54 Å². The maximum atomic E-state index is 12.0. The van der Waals surface area contributed by atoms with Gasteiger partial charge >= 0.3 is 0 Å². The maximum Gasteiger partial charge on any atom is 0.259 e. The van der Waals surface area contributed by atoms with E-state index in [-0.39, 0.29) is 24.5 Å². The van der Waals surface area contributed by atoms with Crippen LogP contribution in [0.2, 0.25) is 0 Å². The molecule has 25 heavy (non-hydrogen) atoms. The number of pyridine rings is 1. The Bertz CT molecular complexity index is 881. The van der Waals surface area contributed by atoms with E-state index in [1.807, 2.05) is 12.1 Å². The number of aromatic nitrogens is 1. The highest BCUT2D eigenvalue weighted by molar-refractivity contribution is 9.10. The number of hydrogen-bond acceptors (Lipinski definition) is 5. The van der Waals surface area contributed by atoms with E-state index in [9.17, 15) is 14.4 Å². The van der Waals surface area contributed by atoms with E-state index in [1.54, 1.807) is 18.2 Å². The highest BCUT2D eigenvalue weighted by Crippen LogP contribution is 2.23. The van der Waals surface area contributed by atoms with Gasteiger partial charge in [0, 0.05) is 34.4 Å². The van der Waals surface area contributed by atoms with Crippen LogP contribution in [0.4, 0.5) is 0 Å². The minimum atomic E-state index is -0.522. The van der Waals surface area contributed by atoms with Crippen molar-refractivity contribution in [1.29, 1.82) is 0 Å². The van der Waals surface area contributed by atoms with Crippen LogP contribution in [0.25, 0.3) is 0 Å². The van der Waals surface area contributed by atoms with Crippen molar-refractivity contribution in [2.45, 2.75) is 6.42 Å². The first-order valence-corrected chi connectivity index (χ1v) is 8.20. The van der Waals surface area contributed by atoms with Gasteiger partial charge in [0.25, 0.3) is 11.8 Å². The molecule has 8 heteroatoms. The van der Waals surface area contributed by atoms with Gasteiger partial charge in [-0.15, -0.1) is 0 Å². The number of carbonyl (C=O) groups excluding carboxylic acids is 3. The number of benzene rings is 1. The summed E-state index contributed by atoms with van der Waals surface area (Å²) in [5.41, 5.74) is 4.49. The van der Waals surface area contributed by atoms with Gasteiger partial charge in [0.05, 0.1) is 6.54 Å². The van der Waals surface area contributed by atoms with Crippen molar-refractivity contribution in [2.24, 2.45) is 5.10 Å². The number of hydrazone groups is 1. The second-order valence-electron chi connectivity index (χ2n) is 5.32. The first-order valence-electron chi connectivity index (χ1n) is 7.41. The molecular weight excluding hydrogens is 388 g/mol. The molecule has 1 aromatic carbocycles. The van der Waals surface area contributed by atoms with Gasteiger partial charge in [-0.1, -0.05) is 22.0 Å². The summed E-state index contributed by atoms with van der Waals surface area (Å²) in [5.74, 6) is -1.07. The summed E-state index contributed by atoms with van der Waals surface area (Å²) in [6.45, 7) is -0.253. The van der Waals surface area contributed by atoms with Gasteiger partial charge < -0.3 is 5.32 Å². The lowest BCUT2D eigenvalue weighted by molar-refractivity contribution is -0.120. The monoisotopic (exact) mass is 400 g/mol. The first kappa shape index (κ1) is 17.0. The van der Waals surface area contributed by atoms with Gasteiger partial charge in [0.2, 0.25) is 0 Å². The van der Waals surface area contributed by atoms with Crippen molar-refractivity contribution in [3.8, 4) is 0 Å². The fourth-order valence-corrected chi connectivity index (χ4v) is 2.74. The molecule has 1 aliphatic carbocycles. The van der Waals surface area contributed by atoms with E-state index in [0.29, 0.717) is 11.1 Å². The van der Waals surface area contributed by atoms with E-state index in [2.05, 4.69) is 36.8 Å². The Balaban J connectivity index is 1.61. The van der Waals surface area contributed by atoms with Crippen LogP contribution in [0.1, 0.15) is 21.5 Å². The topological polar surface area (TPSA) is 101 Å². The van der Waals surface area contributed by atoms with E-state index < -0.39 is 11.8 Å². The molecule has 0 saturated heterocycles. The third-order valence-electron chi connectivity index (χ3n) is 3.59. The smallest absolute Gasteiger partial charge is 0.259 e. The molecule has 0 aliphatic heterocycles. The molecule has 126 valence electrons. The Morgan fingerprint density at radius 2 is 1.96 bits per heavy atom. The summed E-state index contributed by atoms with van der Waals surface area (Å²) >= 11 is 3.35. The number of amides is 2. The van der Waals surface area contributed by atoms with E-state index in [4.69, 9.17) is 0 Å². The molecule has 1 heterocycles. The van der Waals surface area contributed by atoms with E-state index >= 15 is 0 Å². The number of rotatable bonds is 4. The SMILES string of the molecule is O=C(CNC(=O)c1ccncc1)N/N=C1/C(=O)Cc2ccc(Br)cc21. The molecule has 0 atom stereocenters. The summed E-state index contributed by atoms with van der Waals surface area (Å²) in [6.07, 6.45) is 3.24. The number of Topliss-reactive ketones (excluding diaryl/α,β-unsaturated/α-hetero) is 1. The molecule has 0 spiro atoms. The van der Waals surface area contributed by atoms with Gasteiger partial charge in [0.15, 0.2) is 5.78 Å². The Morgan fingerprint density at radius 1 is 1.20 bits per heavy atom. The molecule has 0 bridgehead atoms. The number of nitrogens with zero attached hydrogens (tertiary/aromatic N) is 2. The van der Waals surface area contributed by atoms with Gasteiger partial charge in [-0.3, -0.25) is 19.4 Å². The van der Waals surface area contributed by atoms with Gasteiger partial charge in [-0.05, 0) is 29.8 Å². The summed E-state index contributed by atoms with van der Waals surface area (Å²) < 4.78 is 0.824. The predicted molar refractivity (Wildman–Crippen MR) is 94.1 cm³/mol. The molecule has 2 aromatic rings. The fourth-order valence-electron chi connectivity index (χ4n) is 2.38. The van der Waals surface area contributed by atoms with Crippen LogP contribution in [0.5, 0.6) is 0 Å². The lowest BCUT2D eigenvalue weighted by Gasteiger charge is -2.05. The van der Waals surface area contributed by atoms with Crippen LogP contribution in [-0.2, 0) is 16.0 Å². The Labute approximate surface area is 151 Å². The average Bonchev–Trinajstić information content (AvgIpc) is 2.93. The normalized spacial score (nSPS) is 14.3. The minimum Gasteiger partial charge on any atom is -0.343 e. The van der Waals surface area contributed by atoms with Crippen molar-refractivity contribution >= 4 is 39.2 Å². The van der Waals surface area contributed by atoms with Crippen LogP contribution in [0.15, 0.2) is 52.3 Å². The molecule has 7 nitrogen and oxygen atoms in total. The Kier molecular flexibility index (Phi) is 4.99. The number of halogens is 1. The zero-order valence-corrected chi connectivity index (χ0v) is 14.5.